The van der Waals surface area contributed by atoms with Crippen molar-refractivity contribution in [1.29, 1.82) is 5.26 Å². The molecule has 0 saturated carbocycles. The lowest BCUT2D eigenvalue weighted by molar-refractivity contribution is 0.0460. The maximum absolute atomic E-state index is 10.1. The molecule has 0 heterocycles. The molecular formula is C16H24N2O4. The van der Waals surface area contributed by atoms with Crippen molar-refractivity contribution in [1.82, 2.24) is 4.90 Å². The number of ether oxygens (including phenoxy) is 3. The average Bonchev–Trinajstić information content (AvgIpc) is 2.55. The van der Waals surface area contributed by atoms with E-state index in [1.54, 1.807) is 38.5 Å². The Morgan fingerprint density at radius 3 is 2.23 bits per heavy atom. The Kier molecular flexibility index (Phi) is 9.19. The molecule has 0 bridgehead atoms. The Morgan fingerprint density at radius 2 is 1.73 bits per heavy atom. The molecule has 0 aliphatic carbocycles. The first-order valence-electron chi connectivity index (χ1n) is 7.20. The van der Waals surface area contributed by atoms with Crippen LogP contribution in [-0.4, -0.2) is 69.8 Å². The summed E-state index contributed by atoms with van der Waals surface area (Å²) >= 11 is 0. The van der Waals surface area contributed by atoms with Gasteiger partial charge in [-0.1, -0.05) is 0 Å². The number of nitrogens with zero attached hydrogens (tertiary/aromatic N) is 2. The molecule has 1 rings (SSSR count). The molecule has 0 saturated heterocycles. The lowest BCUT2D eigenvalue weighted by Crippen LogP contribution is -2.39. The molecule has 1 unspecified atom stereocenters. The van der Waals surface area contributed by atoms with E-state index in [1.165, 1.54) is 0 Å². The number of nitriles is 1. The van der Waals surface area contributed by atoms with Crippen molar-refractivity contribution in [2.24, 2.45) is 0 Å². The van der Waals surface area contributed by atoms with E-state index < -0.39 is 6.10 Å². The highest BCUT2D eigenvalue weighted by molar-refractivity contribution is 5.34. The molecule has 0 spiro atoms. The second-order valence-corrected chi connectivity index (χ2v) is 4.89. The maximum atomic E-state index is 10.1. The van der Waals surface area contributed by atoms with Crippen LogP contribution in [-0.2, 0) is 9.47 Å². The van der Waals surface area contributed by atoms with Crippen molar-refractivity contribution in [2.75, 3.05) is 53.7 Å². The van der Waals surface area contributed by atoms with Gasteiger partial charge in [-0.25, -0.2) is 0 Å². The predicted octanol–water partition coefficient (Wildman–Crippen LogP) is 0.893. The zero-order valence-corrected chi connectivity index (χ0v) is 13.2. The highest BCUT2D eigenvalue weighted by Gasteiger charge is 2.12. The van der Waals surface area contributed by atoms with Gasteiger partial charge in [-0.2, -0.15) is 5.26 Å². The van der Waals surface area contributed by atoms with Crippen molar-refractivity contribution in [3.63, 3.8) is 0 Å². The van der Waals surface area contributed by atoms with Gasteiger partial charge in [0.25, 0.3) is 0 Å². The van der Waals surface area contributed by atoms with E-state index in [0.29, 0.717) is 31.1 Å². The molecule has 1 aromatic carbocycles. The number of benzene rings is 1. The smallest absolute Gasteiger partial charge is 0.119 e. The van der Waals surface area contributed by atoms with Gasteiger partial charge in [0.1, 0.15) is 18.5 Å². The molecule has 0 aliphatic rings. The Labute approximate surface area is 131 Å². The molecule has 1 aromatic rings. The summed E-state index contributed by atoms with van der Waals surface area (Å²) in [6, 6.07) is 8.86. The fourth-order valence-corrected chi connectivity index (χ4v) is 1.90. The van der Waals surface area contributed by atoms with Crippen molar-refractivity contribution in [3.8, 4) is 11.8 Å². The molecule has 1 atom stereocenters. The number of rotatable bonds is 11. The van der Waals surface area contributed by atoms with Crippen LogP contribution in [0.3, 0.4) is 0 Å². The number of aliphatic hydroxyl groups is 1. The van der Waals surface area contributed by atoms with Crippen molar-refractivity contribution in [3.05, 3.63) is 29.8 Å². The van der Waals surface area contributed by atoms with Gasteiger partial charge in [0, 0.05) is 33.9 Å². The maximum Gasteiger partial charge on any atom is 0.119 e. The number of hydrogen-bond donors (Lipinski definition) is 1. The standard InChI is InChI=1S/C16H24N2O4/c1-20-9-7-18(8-10-21-2)12-15(19)13-22-16-5-3-14(11-17)4-6-16/h3-6,15,19H,7-10,12-13H2,1-2H3. The lowest BCUT2D eigenvalue weighted by atomic mass is 10.2. The third-order valence-corrected chi connectivity index (χ3v) is 3.12. The highest BCUT2D eigenvalue weighted by Crippen LogP contribution is 2.11. The molecule has 22 heavy (non-hydrogen) atoms. The number of hydrogen-bond acceptors (Lipinski definition) is 6. The lowest BCUT2D eigenvalue weighted by Gasteiger charge is -2.24. The van der Waals surface area contributed by atoms with Crippen molar-refractivity contribution >= 4 is 0 Å². The summed E-state index contributed by atoms with van der Waals surface area (Å²) < 4.78 is 15.7. The zero-order chi connectivity index (χ0) is 16.2. The van der Waals surface area contributed by atoms with Gasteiger partial charge in [0.15, 0.2) is 0 Å². The van der Waals surface area contributed by atoms with Gasteiger partial charge in [-0.15, -0.1) is 0 Å². The van der Waals surface area contributed by atoms with Crippen LogP contribution < -0.4 is 4.74 Å². The summed E-state index contributed by atoms with van der Waals surface area (Å²) in [5, 5.41) is 18.8. The van der Waals surface area contributed by atoms with E-state index in [2.05, 4.69) is 4.90 Å². The minimum Gasteiger partial charge on any atom is -0.491 e. The second kappa shape index (κ2) is 11.0. The highest BCUT2D eigenvalue weighted by atomic mass is 16.5. The van der Waals surface area contributed by atoms with Crippen LogP contribution in [0.4, 0.5) is 0 Å². The Morgan fingerprint density at radius 1 is 1.14 bits per heavy atom. The minimum atomic E-state index is -0.607. The van der Waals surface area contributed by atoms with Gasteiger partial charge in [-0.05, 0) is 24.3 Å². The first kappa shape index (κ1) is 18.4. The van der Waals surface area contributed by atoms with E-state index in [0.717, 1.165) is 13.1 Å². The Bertz CT molecular complexity index is 436. The summed E-state index contributed by atoms with van der Waals surface area (Å²) in [4.78, 5) is 2.07. The largest absolute Gasteiger partial charge is 0.491 e. The summed E-state index contributed by atoms with van der Waals surface area (Å²) in [5.74, 6) is 0.637. The first-order valence-corrected chi connectivity index (χ1v) is 7.20. The zero-order valence-electron chi connectivity index (χ0n) is 13.2. The molecule has 0 aromatic heterocycles. The van der Waals surface area contributed by atoms with Gasteiger partial charge < -0.3 is 19.3 Å². The topological polar surface area (TPSA) is 75.0 Å². The predicted molar refractivity (Wildman–Crippen MR) is 82.9 cm³/mol. The van der Waals surface area contributed by atoms with Gasteiger partial charge >= 0.3 is 0 Å². The van der Waals surface area contributed by atoms with Crippen LogP contribution in [0.5, 0.6) is 5.75 Å². The molecule has 6 nitrogen and oxygen atoms in total. The monoisotopic (exact) mass is 308 g/mol. The molecule has 0 fully saturated rings. The van der Waals surface area contributed by atoms with Crippen molar-refractivity contribution in [2.45, 2.75) is 6.10 Å². The van der Waals surface area contributed by atoms with Crippen LogP contribution in [0, 0.1) is 11.3 Å². The van der Waals surface area contributed by atoms with Crippen LogP contribution in [0.15, 0.2) is 24.3 Å². The number of aliphatic hydroxyl groups excluding tert-OH is 1. The quantitative estimate of drug-likeness (QED) is 0.654. The molecule has 122 valence electrons. The van der Waals surface area contributed by atoms with Crippen LogP contribution in [0.2, 0.25) is 0 Å². The van der Waals surface area contributed by atoms with E-state index >= 15 is 0 Å². The Balaban J connectivity index is 2.37. The summed E-state index contributed by atoms with van der Waals surface area (Å²) in [7, 11) is 3.30. The number of methoxy groups -OCH3 is 2. The fraction of sp³-hybridized carbons (Fsp3) is 0.562. The van der Waals surface area contributed by atoms with E-state index in [-0.39, 0.29) is 6.61 Å². The minimum absolute atomic E-state index is 0.197. The summed E-state index contributed by atoms with van der Waals surface area (Å²) in [6.07, 6.45) is -0.607. The molecular weight excluding hydrogens is 284 g/mol. The Hall–Kier alpha value is -1.65. The van der Waals surface area contributed by atoms with Gasteiger partial charge in [0.2, 0.25) is 0 Å². The van der Waals surface area contributed by atoms with Crippen LogP contribution in [0.1, 0.15) is 5.56 Å². The summed E-state index contributed by atoms with van der Waals surface area (Å²) in [5.41, 5.74) is 0.582. The van der Waals surface area contributed by atoms with Crippen molar-refractivity contribution < 1.29 is 19.3 Å². The normalized spacial score (nSPS) is 12.1. The van der Waals surface area contributed by atoms with Gasteiger partial charge in [0.05, 0.1) is 24.8 Å². The third-order valence-electron chi connectivity index (χ3n) is 3.12. The van der Waals surface area contributed by atoms with Crippen LogP contribution >= 0.6 is 0 Å². The van der Waals surface area contributed by atoms with Gasteiger partial charge in [-0.3, -0.25) is 4.90 Å². The van der Waals surface area contributed by atoms with E-state index in [4.69, 9.17) is 19.5 Å². The third kappa shape index (κ3) is 7.38. The van der Waals surface area contributed by atoms with Crippen LogP contribution in [0.25, 0.3) is 0 Å². The SMILES string of the molecule is COCCN(CCOC)CC(O)COc1ccc(C#N)cc1. The summed E-state index contributed by atoms with van der Waals surface area (Å²) in [6.45, 7) is 3.35. The average molecular weight is 308 g/mol. The molecule has 0 aliphatic heterocycles. The fourth-order valence-electron chi connectivity index (χ4n) is 1.90. The molecule has 1 N–H and O–H groups in total. The second-order valence-electron chi connectivity index (χ2n) is 4.89. The molecule has 0 radical (unpaired) electrons. The molecule has 6 heteroatoms. The van der Waals surface area contributed by atoms with E-state index in [9.17, 15) is 5.11 Å². The first-order chi connectivity index (χ1) is 10.7. The molecule has 0 amide bonds. The van der Waals surface area contributed by atoms with E-state index in [1.807, 2.05) is 6.07 Å².